The van der Waals surface area contributed by atoms with E-state index < -0.39 is 0 Å². The van der Waals surface area contributed by atoms with Crippen molar-refractivity contribution < 1.29 is 0 Å². The van der Waals surface area contributed by atoms with Gasteiger partial charge in [-0.25, -0.2) is 9.97 Å². The molecule has 4 heteroatoms. The first-order chi connectivity index (χ1) is 8.72. The maximum Gasteiger partial charge on any atom is 0.114 e. The molecule has 0 radical (unpaired) electrons. The molecule has 0 fully saturated rings. The monoisotopic (exact) mass is 277 g/mol. The van der Waals surface area contributed by atoms with Crippen LogP contribution in [-0.4, -0.2) is 14.5 Å². The predicted octanol–water partition coefficient (Wildman–Crippen LogP) is 3.69. The van der Waals surface area contributed by atoms with Gasteiger partial charge in [-0.3, -0.25) is 0 Å². The zero-order chi connectivity index (χ0) is 14.3. The van der Waals surface area contributed by atoms with Crippen LogP contribution in [0.25, 0.3) is 0 Å². The lowest BCUT2D eigenvalue weighted by atomic mass is 9.88. The first-order valence-electron chi connectivity index (χ1n) is 6.63. The molecule has 2 rings (SSSR count). The third-order valence-corrected chi connectivity index (χ3v) is 4.53. The Morgan fingerprint density at radius 3 is 2.32 bits per heavy atom. The zero-order valence-electron chi connectivity index (χ0n) is 12.7. The number of aromatic nitrogens is 3. The van der Waals surface area contributed by atoms with Crippen LogP contribution in [-0.2, 0) is 24.3 Å². The zero-order valence-corrected chi connectivity index (χ0v) is 13.5. The summed E-state index contributed by atoms with van der Waals surface area (Å²) in [5.74, 6) is 1.14. The van der Waals surface area contributed by atoms with Crippen LogP contribution >= 0.6 is 11.3 Å². The Labute approximate surface area is 119 Å². The summed E-state index contributed by atoms with van der Waals surface area (Å²) in [4.78, 5) is 9.06. The van der Waals surface area contributed by atoms with E-state index in [0.29, 0.717) is 0 Å². The van der Waals surface area contributed by atoms with Gasteiger partial charge in [0.25, 0.3) is 0 Å². The summed E-state index contributed by atoms with van der Waals surface area (Å²) in [6.45, 7) is 11.1. The standard InChI is InChI=1S/C15H23N3S/c1-14(2,3)12-17-10-11(18(12)6)9-15(4,5)13-16-7-8-19-13/h7-8,10H,9H2,1-6H3. The molecule has 0 bridgehead atoms. The maximum atomic E-state index is 4.60. The van der Waals surface area contributed by atoms with Gasteiger partial charge in [0.1, 0.15) is 5.82 Å². The van der Waals surface area contributed by atoms with Crippen LogP contribution in [0.15, 0.2) is 17.8 Å². The average molecular weight is 277 g/mol. The van der Waals surface area contributed by atoms with Crippen molar-refractivity contribution in [3.63, 3.8) is 0 Å². The second kappa shape index (κ2) is 4.75. The fraction of sp³-hybridized carbons (Fsp3) is 0.600. The Hall–Kier alpha value is -1.16. The van der Waals surface area contributed by atoms with E-state index in [-0.39, 0.29) is 10.8 Å². The number of imidazole rings is 1. The highest BCUT2D eigenvalue weighted by Crippen LogP contribution is 2.30. The molecular weight excluding hydrogens is 254 g/mol. The Balaban J connectivity index is 2.28. The summed E-state index contributed by atoms with van der Waals surface area (Å²) in [6, 6.07) is 0. The lowest BCUT2D eigenvalue weighted by Gasteiger charge is -2.23. The molecule has 104 valence electrons. The van der Waals surface area contributed by atoms with Gasteiger partial charge in [-0.2, -0.15) is 0 Å². The van der Waals surface area contributed by atoms with Gasteiger partial charge >= 0.3 is 0 Å². The Morgan fingerprint density at radius 1 is 1.16 bits per heavy atom. The van der Waals surface area contributed by atoms with E-state index in [9.17, 15) is 0 Å². The third kappa shape index (κ3) is 2.89. The van der Waals surface area contributed by atoms with Gasteiger partial charge < -0.3 is 4.57 Å². The second-order valence-electron chi connectivity index (χ2n) is 6.78. The first-order valence-corrected chi connectivity index (χ1v) is 7.51. The fourth-order valence-corrected chi connectivity index (χ4v) is 3.16. The van der Waals surface area contributed by atoms with Crippen LogP contribution in [0, 0.1) is 0 Å². The molecule has 19 heavy (non-hydrogen) atoms. The van der Waals surface area contributed by atoms with Crippen LogP contribution in [0.3, 0.4) is 0 Å². The molecule has 0 aliphatic rings. The summed E-state index contributed by atoms with van der Waals surface area (Å²) < 4.78 is 2.23. The van der Waals surface area contributed by atoms with Crippen LogP contribution in [0.5, 0.6) is 0 Å². The molecule has 3 nitrogen and oxygen atoms in total. The van der Waals surface area contributed by atoms with Gasteiger partial charge in [0.05, 0.1) is 5.01 Å². The van der Waals surface area contributed by atoms with E-state index in [1.807, 2.05) is 17.8 Å². The highest BCUT2D eigenvalue weighted by atomic mass is 32.1. The van der Waals surface area contributed by atoms with Gasteiger partial charge in [0.15, 0.2) is 0 Å². The number of nitrogens with zero attached hydrogens (tertiary/aromatic N) is 3. The highest BCUT2D eigenvalue weighted by molar-refractivity contribution is 7.09. The minimum absolute atomic E-state index is 0.0527. The molecular formula is C15H23N3S. The Morgan fingerprint density at radius 2 is 1.84 bits per heavy atom. The molecule has 0 aliphatic carbocycles. The Bertz CT molecular complexity index is 544. The average Bonchev–Trinajstić information content (AvgIpc) is 2.87. The highest BCUT2D eigenvalue weighted by Gasteiger charge is 2.27. The van der Waals surface area contributed by atoms with Crippen molar-refractivity contribution in [3.8, 4) is 0 Å². The van der Waals surface area contributed by atoms with Crippen molar-refractivity contribution in [3.05, 3.63) is 34.3 Å². The minimum atomic E-state index is 0.0527. The van der Waals surface area contributed by atoms with Crippen LogP contribution < -0.4 is 0 Å². The molecule has 0 saturated heterocycles. The SMILES string of the molecule is Cn1c(CC(C)(C)c2nccs2)cnc1C(C)(C)C. The van der Waals surface area contributed by atoms with Crippen molar-refractivity contribution in [2.24, 2.45) is 7.05 Å². The molecule has 2 aromatic rings. The summed E-state index contributed by atoms with van der Waals surface area (Å²) in [5.41, 5.74) is 1.40. The molecule has 0 atom stereocenters. The number of thiazole rings is 1. The Kier molecular flexibility index (Phi) is 3.56. The lowest BCUT2D eigenvalue weighted by Crippen LogP contribution is -2.23. The number of hydrogen-bond donors (Lipinski definition) is 0. The largest absolute Gasteiger partial charge is 0.335 e. The molecule has 0 amide bonds. The van der Waals surface area contributed by atoms with Crippen molar-refractivity contribution in [1.82, 2.24) is 14.5 Å². The molecule has 0 saturated carbocycles. The van der Waals surface area contributed by atoms with E-state index in [4.69, 9.17) is 0 Å². The van der Waals surface area contributed by atoms with E-state index in [2.05, 4.69) is 56.2 Å². The number of rotatable bonds is 3. The third-order valence-electron chi connectivity index (χ3n) is 3.39. The van der Waals surface area contributed by atoms with Gasteiger partial charge in [-0.1, -0.05) is 34.6 Å². The van der Waals surface area contributed by atoms with E-state index in [0.717, 1.165) is 12.2 Å². The molecule has 2 heterocycles. The summed E-state index contributed by atoms with van der Waals surface area (Å²) in [6.07, 6.45) is 4.85. The van der Waals surface area contributed by atoms with Gasteiger partial charge in [0, 0.05) is 47.8 Å². The van der Waals surface area contributed by atoms with E-state index >= 15 is 0 Å². The normalized spacial score (nSPS) is 12.9. The fourth-order valence-electron chi connectivity index (χ4n) is 2.39. The quantitative estimate of drug-likeness (QED) is 0.856. The number of hydrogen-bond acceptors (Lipinski definition) is 3. The minimum Gasteiger partial charge on any atom is -0.335 e. The smallest absolute Gasteiger partial charge is 0.114 e. The topological polar surface area (TPSA) is 30.7 Å². The van der Waals surface area contributed by atoms with Crippen molar-refractivity contribution in [2.75, 3.05) is 0 Å². The van der Waals surface area contributed by atoms with Gasteiger partial charge in [-0.05, 0) is 0 Å². The maximum absolute atomic E-state index is 4.60. The summed E-state index contributed by atoms with van der Waals surface area (Å²) >= 11 is 1.73. The molecule has 0 aliphatic heterocycles. The van der Waals surface area contributed by atoms with Crippen LogP contribution in [0.1, 0.15) is 51.1 Å². The van der Waals surface area contributed by atoms with Crippen molar-refractivity contribution in [2.45, 2.75) is 51.9 Å². The molecule has 2 aromatic heterocycles. The molecule has 0 unspecified atom stereocenters. The first kappa shape index (κ1) is 14.3. The lowest BCUT2D eigenvalue weighted by molar-refractivity contribution is 0.483. The van der Waals surface area contributed by atoms with Crippen LogP contribution in [0.2, 0.25) is 0 Å². The summed E-state index contributed by atoms with van der Waals surface area (Å²) in [7, 11) is 2.11. The predicted molar refractivity (Wildman–Crippen MR) is 80.8 cm³/mol. The summed E-state index contributed by atoms with van der Waals surface area (Å²) in [5, 5.41) is 3.23. The van der Waals surface area contributed by atoms with Crippen LogP contribution in [0.4, 0.5) is 0 Å². The second-order valence-corrected chi connectivity index (χ2v) is 7.67. The van der Waals surface area contributed by atoms with Crippen molar-refractivity contribution in [1.29, 1.82) is 0 Å². The van der Waals surface area contributed by atoms with Gasteiger partial charge in [0.2, 0.25) is 0 Å². The van der Waals surface area contributed by atoms with E-state index in [1.165, 1.54) is 10.7 Å². The van der Waals surface area contributed by atoms with Crippen molar-refractivity contribution >= 4 is 11.3 Å². The molecule has 0 N–H and O–H groups in total. The van der Waals surface area contributed by atoms with Gasteiger partial charge in [-0.15, -0.1) is 11.3 Å². The molecule has 0 aromatic carbocycles. The van der Waals surface area contributed by atoms with E-state index in [1.54, 1.807) is 11.3 Å². The molecule has 0 spiro atoms.